The maximum atomic E-state index is 12.1. The number of nitrogens with zero attached hydrogens (tertiary/aromatic N) is 2. The lowest BCUT2D eigenvalue weighted by molar-refractivity contribution is 0.150. The van der Waals surface area contributed by atoms with Crippen LogP contribution in [0.5, 0.6) is 0 Å². The van der Waals surface area contributed by atoms with Crippen LogP contribution in [0.4, 0.5) is 13.9 Å². The lowest BCUT2D eigenvalue weighted by atomic mass is 10.2. The van der Waals surface area contributed by atoms with Crippen molar-refractivity contribution in [2.75, 3.05) is 5.32 Å². The lowest BCUT2D eigenvalue weighted by Gasteiger charge is -2.06. The Morgan fingerprint density at radius 3 is 2.71 bits per heavy atom. The molecule has 0 aliphatic heterocycles. The summed E-state index contributed by atoms with van der Waals surface area (Å²) >= 11 is 0.821. The molecule has 1 atom stereocenters. The smallest absolute Gasteiger partial charge is 0.291 e. The monoisotopic (exact) mass is 217 g/mol. The molecule has 0 radical (unpaired) electrons. The van der Waals surface area contributed by atoms with Crippen LogP contribution in [-0.2, 0) is 0 Å². The molecule has 0 saturated carbocycles. The summed E-state index contributed by atoms with van der Waals surface area (Å²) < 4.78 is 24.2. The van der Waals surface area contributed by atoms with E-state index in [9.17, 15) is 8.78 Å². The summed E-state index contributed by atoms with van der Waals surface area (Å²) in [7, 11) is 0. The second-order valence-electron chi connectivity index (χ2n) is 2.52. The number of hydrogen-bond donors (Lipinski definition) is 1. The molecule has 1 heterocycles. The Hall–Kier alpha value is -1.22. The van der Waals surface area contributed by atoms with Crippen molar-refractivity contribution in [3.63, 3.8) is 0 Å². The highest BCUT2D eigenvalue weighted by atomic mass is 32.1. The zero-order valence-electron chi connectivity index (χ0n) is 7.50. The van der Waals surface area contributed by atoms with Crippen LogP contribution in [0.25, 0.3) is 0 Å². The third-order valence-electron chi connectivity index (χ3n) is 1.53. The summed E-state index contributed by atoms with van der Waals surface area (Å²) in [5.74, 6) is 2.48. The normalized spacial score (nSPS) is 12.5. The van der Waals surface area contributed by atoms with E-state index in [4.69, 9.17) is 6.42 Å². The van der Waals surface area contributed by atoms with E-state index in [0.717, 1.165) is 11.3 Å². The van der Waals surface area contributed by atoms with Gasteiger partial charge in [0.1, 0.15) is 0 Å². The van der Waals surface area contributed by atoms with Gasteiger partial charge in [-0.15, -0.1) is 16.6 Å². The minimum Gasteiger partial charge on any atom is -0.346 e. The van der Waals surface area contributed by atoms with Gasteiger partial charge < -0.3 is 5.32 Å². The predicted octanol–water partition coefficient (Wildman–Crippen LogP) is 2.30. The summed E-state index contributed by atoms with van der Waals surface area (Å²) in [5, 5.41) is 9.75. The van der Waals surface area contributed by atoms with E-state index in [0.29, 0.717) is 11.6 Å². The first-order valence-electron chi connectivity index (χ1n) is 4.01. The van der Waals surface area contributed by atoms with Gasteiger partial charge in [0.25, 0.3) is 6.43 Å². The van der Waals surface area contributed by atoms with Gasteiger partial charge in [-0.3, -0.25) is 0 Å². The fraction of sp³-hybridized carbons (Fsp3) is 0.500. The van der Waals surface area contributed by atoms with E-state index in [-0.39, 0.29) is 11.0 Å². The van der Waals surface area contributed by atoms with Crippen LogP contribution in [0, 0.1) is 12.3 Å². The highest BCUT2D eigenvalue weighted by Gasteiger charge is 2.14. The number of hydrogen-bond acceptors (Lipinski definition) is 4. The molecule has 0 aliphatic carbocycles. The molecule has 0 aromatic carbocycles. The number of aromatic nitrogens is 2. The van der Waals surface area contributed by atoms with Gasteiger partial charge in [0.15, 0.2) is 5.01 Å². The van der Waals surface area contributed by atoms with E-state index >= 15 is 0 Å². The second-order valence-corrected chi connectivity index (χ2v) is 3.53. The molecular weight excluding hydrogens is 208 g/mol. The number of anilines is 1. The van der Waals surface area contributed by atoms with Crippen molar-refractivity contribution < 1.29 is 8.78 Å². The molecule has 1 aromatic rings. The van der Waals surface area contributed by atoms with Crippen LogP contribution in [0.2, 0.25) is 0 Å². The maximum absolute atomic E-state index is 12.1. The molecular formula is C8H9F2N3S. The predicted molar refractivity (Wildman–Crippen MR) is 51.4 cm³/mol. The van der Waals surface area contributed by atoms with Crippen molar-refractivity contribution in [2.45, 2.75) is 25.8 Å². The average Bonchev–Trinajstić information content (AvgIpc) is 2.62. The fourth-order valence-electron chi connectivity index (χ4n) is 0.792. The Labute approximate surface area is 84.5 Å². The summed E-state index contributed by atoms with van der Waals surface area (Å²) in [4.78, 5) is 0. The van der Waals surface area contributed by atoms with Crippen LogP contribution in [-0.4, -0.2) is 16.2 Å². The van der Waals surface area contributed by atoms with Crippen LogP contribution in [0.1, 0.15) is 24.8 Å². The molecule has 76 valence electrons. The summed E-state index contributed by atoms with van der Waals surface area (Å²) in [5.41, 5.74) is 0. The first kappa shape index (κ1) is 10.9. The molecule has 3 nitrogen and oxygen atoms in total. The van der Waals surface area contributed by atoms with E-state index in [1.165, 1.54) is 0 Å². The standard InChI is InChI=1S/C8H9F2N3S/c1-3-5(4-2)11-8-13-12-7(14-8)6(9)10/h1,5-6H,4H2,2H3,(H,11,13). The summed E-state index contributed by atoms with van der Waals surface area (Å²) in [6, 6.07) is -0.187. The second kappa shape index (κ2) is 4.86. The van der Waals surface area contributed by atoms with Crippen molar-refractivity contribution in [1.29, 1.82) is 0 Å². The first-order chi connectivity index (χ1) is 6.67. The Kier molecular flexibility index (Phi) is 3.77. The Morgan fingerprint density at radius 2 is 2.29 bits per heavy atom. The first-order valence-corrected chi connectivity index (χ1v) is 4.83. The van der Waals surface area contributed by atoms with Gasteiger partial charge in [-0.1, -0.05) is 24.2 Å². The van der Waals surface area contributed by atoms with Crippen molar-refractivity contribution in [3.05, 3.63) is 5.01 Å². The topological polar surface area (TPSA) is 37.8 Å². The number of alkyl halides is 2. The highest BCUT2D eigenvalue weighted by Crippen LogP contribution is 2.25. The summed E-state index contributed by atoms with van der Waals surface area (Å²) in [6.45, 7) is 1.90. The minimum atomic E-state index is -2.58. The SMILES string of the molecule is C#CC(CC)Nc1nnc(C(F)F)s1. The molecule has 0 spiro atoms. The van der Waals surface area contributed by atoms with Gasteiger partial charge in [-0.2, -0.15) is 0 Å². The number of terminal acetylenes is 1. The maximum Gasteiger partial charge on any atom is 0.291 e. The molecule has 0 saturated heterocycles. The third-order valence-corrected chi connectivity index (χ3v) is 2.40. The molecule has 6 heteroatoms. The van der Waals surface area contributed by atoms with Crippen LogP contribution >= 0.6 is 11.3 Å². The van der Waals surface area contributed by atoms with Gasteiger partial charge in [0.05, 0.1) is 6.04 Å². The Balaban J connectivity index is 2.64. The Morgan fingerprint density at radius 1 is 1.57 bits per heavy atom. The zero-order valence-corrected chi connectivity index (χ0v) is 8.31. The van der Waals surface area contributed by atoms with Gasteiger partial charge >= 0.3 is 0 Å². The van der Waals surface area contributed by atoms with Gasteiger partial charge in [0.2, 0.25) is 5.13 Å². The van der Waals surface area contributed by atoms with E-state index in [1.54, 1.807) is 0 Å². The van der Waals surface area contributed by atoms with E-state index < -0.39 is 6.43 Å². The molecule has 0 aliphatic rings. The molecule has 0 fully saturated rings. The minimum absolute atomic E-state index is 0.187. The van der Waals surface area contributed by atoms with Gasteiger partial charge in [-0.05, 0) is 6.42 Å². The largest absolute Gasteiger partial charge is 0.346 e. The highest BCUT2D eigenvalue weighted by molar-refractivity contribution is 7.15. The van der Waals surface area contributed by atoms with Crippen molar-refractivity contribution in [1.82, 2.24) is 10.2 Å². The van der Waals surface area contributed by atoms with E-state index in [1.807, 2.05) is 6.92 Å². The number of halogens is 2. The quantitative estimate of drug-likeness (QED) is 0.786. The molecule has 1 unspecified atom stereocenters. The number of nitrogens with one attached hydrogen (secondary N) is 1. The molecule has 0 bridgehead atoms. The third kappa shape index (κ3) is 2.64. The molecule has 14 heavy (non-hydrogen) atoms. The number of rotatable bonds is 4. The Bertz CT molecular complexity index is 332. The van der Waals surface area contributed by atoms with Crippen LogP contribution < -0.4 is 5.32 Å². The molecule has 1 N–H and O–H groups in total. The fourth-order valence-corrected chi connectivity index (χ4v) is 1.44. The van der Waals surface area contributed by atoms with Gasteiger partial charge in [-0.25, -0.2) is 8.78 Å². The van der Waals surface area contributed by atoms with Crippen molar-refractivity contribution in [2.24, 2.45) is 0 Å². The summed E-state index contributed by atoms with van der Waals surface area (Å²) in [6.07, 6.45) is 3.33. The van der Waals surface area contributed by atoms with Crippen LogP contribution in [0.3, 0.4) is 0 Å². The van der Waals surface area contributed by atoms with Crippen molar-refractivity contribution >= 4 is 16.5 Å². The molecule has 1 rings (SSSR count). The van der Waals surface area contributed by atoms with Crippen LogP contribution in [0.15, 0.2) is 0 Å². The molecule has 0 amide bonds. The van der Waals surface area contributed by atoms with Crippen molar-refractivity contribution in [3.8, 4) is 12.3 Å². The van der Waals surface area contributed by atoms with E-state index in [2.05, 4.69) is 21.4 Å². The lowest BCUT2D eigenvalue weighted by Crippen LogP contribution is -2.15. The average molecular weight is 217 g/mol. The van der Waals surface area contributed by atoms with Gasteiger partial charge in [0, 0.05) is 0 Å². The zero-order chi connectivity index (χ0) is 10.6. The molecule has 1 aromatic heterocycles.